The lowest BCUT2D eigenvalue weighted by Crippen LogP contribution is -2.45. The van der Waals surface area contributed by atoms with E-state index >= 15 is 0 Å². The van der Waals surface area contributed by atoms with Crippen LogP contribution in [-0.2, 0) is 11.0 Å². The van der Waals surface area contributed by atoms with E-state index in [1.165, 1.54) is 12.1 Å². The van der Waals surface area contributed by atoms with Gasteiger partial charge in [0.05, 0.1) is 18.7 Å². The predicted octanol–water partition coefficient (Wildman–Crippen LogP) is 2.49. The second kappa shape index (κ2) is 7.11. The van der Waals surface area contributed by atoms with Crippen molar-refractivity contribution in [2.75, 3.05) is 25.0 Å². The average molecular weight is 316 g/mol. The molecule has 1 aliphatic rings. The van der Waals surface area contributed by atoms with Gasteiger partial charge in [-0.3, -0.25) is 9.69 Å². The van der Waals surface area contributed by atoms with Crippen LogP contribution in [0.1, 0.15) is 24.8 Å². The molecule has 4 nitrogen and oxygen atoms in total. The molecule has 2 rings (SSSR count). The zero-order valence-electron chi connectivity index (χ0n) is 12.1. The SMILES string of the molecule is O=C(CN1CCCCC1CO)Nc1cccc(C(F)(F)F)c1. The summed E-state index contributed by atoms with van der Waals surface area (Å²) in [5.41, 5.74) is -0.672. The molecule has 1 aliphatic heterocycles. The first kappa shape index (κ1) is 16.8. The van der Waals surface area contributed by atoms with Crippen molar-refractivity contribution in [3.05, 3.63) is 29.8 Å². The maximum atomic E-state index is 12.6. The average Bonchev–Trinajstić information content (AvgIpc) is 2.47. The summed E-state index contributed by atoms with van der Waals surface area (Å²) in [6.07, 6.45) is -1.65. The van der Waals surface area contributed by atoms with E-state index in [1.54, 1.807) is 0 Å². The van der Waals surface area contributed by atoms with Gasteiger partial charge in [0.1, 0.15) is 0 Å². The number of anilines is 1. The molecule has 1 atom stereocenters. The van der Waals surface area contributed by atoms with Crippen LogP contribution in [0.15, 0.2) is 24.3 Å². The molecule has 0 spiro atoms. The van der Waals surface area contributed by atoms with E-state index in [9.17, 15) is 23.1 Å². The van der Waals surface area contributed by atoms with Gasteiger partial charge in [-0.2, -0.15) is 13.2 Å². The van der Waals surface area contributed by atoms with Gasteiger partial charge in [-0.05, 0) is 37.6 Å². The number of benzene rings is 1. The molecule has 7 heteroatoms. The first-order valence-corrected chi connectivity index (χ1v) is 7.22. The summed E-state index contributed by atoms with van der Waals surface area (Å²) >= 11 is 0. The number of carbonyl (C=O) groups excluding carboxylic acids is 1. The van der Waals surface area contributed by atoms with E-state index in [2.05, 4.69) is 5.32 Å². The standard InChI is InChI=1S/C15H19F3N2O2/c16-15(17,18)11-4-3-5-12(8-11)19-14(22)9-20-7-2-1-6-13(20)10-21/h3-5,8,13,21H,1-2,6-7,9-10H2,(H,19,22). The maximum Gasteiger partial charge on any atom is 0.416 e. The number of amides is 1. The molecule has 1 amide bonds. The highest BCUT2D eigenvalue weighted by atomic mass is 19.4. The molecule has 0 radical (unpaired) electrons. The van der Waals surface area contributed by atoms with Crippen molar-refractivity contribution in [3.8, 4) is 0 Å². The summed E-state index contributed by atoms with van der Waals surface area (Å²) in [6, 6.07) is 4.50. The molecule has 22 heavy (non-hydrogen) atoms. The maximum absolute atomic E-state index is 12.6. The Hall–Kier alpha value is -1.60. The number of hydrogen-bond acceptors (Lipinski definition) is 3. The van der Waals surface area contributed by atoms with Crippen LogP contribution >= 0.6 is 0 Å². The first-order chi connectivity index (χ1) is 10.4. The number of carbonyl (C=O) groups is 1. The summed E-state index contributed by atoms with van der Waals surface area (Å²) in [4.78, 5) is 13.9. The van der Waals surface area contributed by atoms with Crippen LogP contribution < -0.4 is 5.32 Å². The molecule has 2 N–H and O–H groups in total. The van der Waals surface area contributed by atoms with Crippen molar-refractivity contribution in [2.45, 2.75) is 31.5 Å². The molecule has 0 aliphatic carbocycles. The Kier molecular flexibility index (Phi) is 5.42. The van der Waals surface area contributed by atoms with E-state index in [4.69, 9.17) is 0 Å². The number of aliphatic hydroxyl groups is 1. The highest BCUT2D eigenvalue weighted by Crippen LogP contribution is 2.30. The summed E-state index contributed by atoms with van der Waals surface area (Å²) in [5.74, 6) is -0.375. The third-order valence-corrected chi connectivity index (χ3v) is 3.78. The minimum absolute atomic E-state index is 0.0170. The van der Waals surface area contributed by atoms with Gasteiger partial charge in [0, 0.05) is 11.7 Å². The van der Waals surface area contributed by atoms with Crippen molar-refractivity contribution in [2.24, 2.45) is 0 Å². The van der Waals surface area contributed by atoms with Gasteiger partial charge >= 0.3 is 6.18 Å². The fourth-order valence-electron chi connectivity index (χ4n) is 2.63. The topological polar surface area (TPSA) is 52.6 Å². The second-order valence-corrected chi connectivity index (χ2v) is 5.43. The number of alkyl halides is 3. The minimum atomic E-state index is -4.43. The van der Waals surface area contributed by atoms with Gasteiger partial charge in [0.15, 0.2) is 0 Å². The molecule has 1 aromatic rings. The molecule has 1 saturated heterocycles. The van der Waals surface area contributed by atoms with Crippen molar-refractivity contribution < 1.29 is 23.1 Å². The number of nitrogens with one attached hydrogen (secondary N) is 1. The summed E-state index contributed by atoms with van der Waals surface area (Å²) < 4.78 is 37.9. The van der Waals surface area contributed by atoms with Crippen LogP contribution in [0.3, 0.4) is 0 Å². The smallest absolute Gasteiger partial charge is 0.395 e. The normalized spacial score (nSPS) is 19.9. The van der Waals surface area contributed by atoms with Gasteiger partial charge in [-0.15, -0.1) is 0 Å². The molecule has 122 valence electrons. The van der Waals surface area contributed by atoms with Gasteiger partial charge in [-0.1, -0.05) is 12.5 Å². The monoisotopic (exact) mass is 316 g/mol. The Labute approximate surface area is 126 Å². The van der Waals surface area contributed by atoms with E-state index in [0.29, 0.717) is 6.54 Å². The van der Waals surface area contributed by atoms with Crippen molar-refractivity contribution in [1.29, 1.82) is 0 Å². The fraction of sp³-hybridized carbons (Fsp3) is 0.533. The van der Waals surface area contributed by atoms with Crippen molar-refractivity contribution in [3.63, 3.8) is 0 Å². The largest absolute Gasteiger partial charge is 0.416 e. The van der Waals surface area contributed by atoms with E-state index in [-0.39, 0.29) is 30.8 Å². The molecule has 1 unspecified atom stereocenters. The number of nitrogens with zero attached hydrogens (tertiary/aromatic N) is 1. The Bertz CT molecular complexity index is 520. The number of rotatable bonds is 4. The fourth-order valence-corrected chi connectivity index (χ4v) is 2.63. The minimum Gasteiger partial charge on any atom is -0.395 e. The zero-order valence-corrected chi connectivity index (χ0v) is 12.1. The molecular weight excluding hydrogens is 297 g/mol. The lowest BCUT2D eigenvalue weighted by molar-refractivity contribution is -0.137. The molecule has 0 saturated carbocycles. The number of piperidine rings is 1. The van der Waals surface area contributed by atoms with Crippen LogP contribution in [-0.4, -0.2) is 41.7 Å². The lowest BCUT2D eigenvalue weighted by atomic mass is 10.0. The van der Waals surface area contributed by atoms with Crippen molar-refractivity contribution >= 4 is 11.6 Å². The third kappa shape index (κ3) is 4.45. The summed E-state index contributed by atoms with van der Waals surface area (Å²) in [5, 5.41) is 11.8. The van der Waals surface area contributed by atoms with E-state index in [1.807, 2.05) is 4.90 Å². The van der Waals surface area contributed by atoms with Crippen LogP contribution in [0.4, 0.5) is 18.9 Å². The summed E-state index contributed by atoms with van der Waals surface area (Å²) in [7, 11) is 0. The van der Waals surface area contributed by atoms with Crippen LogP contribution in [0.5, 0.6) is 0 Å². The lowest BCUT2D eigenvalue weighted by Gasteiger charge is -2.33. The molecule has 1 heterocycles. The van der Waals surface area contributed by atoms with Crippen LogP contribution in [0, 0.1) is 0 Å². The molecule has 0 aromatic heterocycles. The number of halogens is 3. The number of likely N-dealkylation sites (tertiary alicyclic amines) is 1. The zero-order chi connectivity index (χ0) is 16.2. The molecule has 0 bridgehead atoms. The van der Waals surface area contributed by atoms with Gasteiger partial charge in [0.2, 0.25) is 5.91 Å². The molecular formula is C15H19F3N2O2. The molecule has 1 fully saturated rings. The van der Waals surface area contributed by atoms with E-state index in [0.717, 1.165) is 31.4 Å². The van der Waals surface area contributed by atoms with Crippen molar-refractivity contribution in [1.82, 2.24) is 4.90 Å². The Morgan fingerprint density at radius 2 is 2.14 bits per heavy atom. The highest BCUT2D eigenvalue weighted by Gasteiger charge is 2.30. The molecule has 1 aromatic carbocycles. The summed E-state index contributed by atoms with van der Waals surface area (Å²) in [6.45, 7) is 0.763. The van der Waals surface area contributed by atoms with Crippen LogP contribution in [0.25, 0.3) is 0 Å². The van der Waals surface area contributed by atoms with Gasteiger partial charge in [-0.25, -0.2) is 0 Å². The van der Waals surface area contributed by atoms with Gasteiger partial charge < -0.3 is 10.4 Å². The Morgan fingerprint density at radius 3 is 2.82 bits per heavy atom. The predicted molar refractivity (Wildman–Crippen MR) is 76.4 cm³/mol. The number of aliphatic hydroxyl groups excluding tert-OH is 1. The second-order valence-electron chi connectivity index (χ2n) is 5.43. The Morgan fingerprint density at radius 1 is 1.36 bits per heavy atom. The number of hydrogen-bond donors (Lipinski definition) is 2. The van der Waals surface area contributed by atoms with Gasteiger partial charge in [0.25, 0.3) is 0 Å². The Balaban J connectivity index is 1.97. The first-order valence-electron chi connectivity index (χ1n) is 7.22. The van der Waals surface area contributed by atoms with E-state index < -0.39 is 11.7 Å². The quantitative estimate of drug-likeness (QED) is 0.897. The third-order valence-electron chi connectivity index (χ3n) is 3.78. The van der Waals surface area contributed by atoms with Crippen LogP contribution in [0.2, 0.25) is 0 Å². The highest BCUT2D eigenvalue weighted by molar-refractivity contribution is 5.92.